The van der Waals surface area contributed by atoms with Crippen molar-refractivity contribution in [2.24, 2.45) is 0 Å². The van der Waals surface area contributed by atoms with E-state index in [0.29, 0.717) is 0 Å². The number of benzene rings is 1. The molecule has 0 bridgehead atoms. The van der Waals surface area contributed by atoms with Gasteiger partial charge in [-0.05, 0) is 51.8 Å². The van der Waals surface area contributed by atoms with Crippen molar-refractivity contribution >= 4 is 5.91 Å². The third-order valence-electron chi connectivity index (χ3n) is 3.90. The van der Waals surface area contributed by atoms with Gasteiger partial charge in [0.05, 0.1) is 11.6 Å². The van der Waals surface area contributed by atoms with E-state index in [4.69, 9.17) is 0 Å². The number of piperidine rings is 1. The van der Waals surface area contributed by atoms with Crippen LogP contribution in [0.15, 0.2) is 18.2 Å². The first kappa shape index (κ1) is 14.9. The van der Waals surface area contributed by atoms with E-state index in [9.17, 15) is 13.6 Å². The number of halogens is 2. The fourth-order valence-corrected chi connectivity index (χ4v) is 2.60. The SMILES string of the molecule is CC(NC(=O)C1(C)CCCCN1)c1c(F)cccc1F. The Kier molecular flexibility index (Phi) is 4.38. The van der Waals surface area contributed by atoms with Gasteiger partial charge in [0.15, 0.2) is 0 Å². The average Bonchev–Trinajstić information content (AvgIpc) is 2.39. The molecular weight excluding hydrogens is 262 g/mol. The van der Waals surface area contributed by atoms with Gasteiger partial charge in [-0.25, -0.2) is 8.78 Å². The van der Waals surface area contributed by atoms with Crippen molar-refractivity contribution in [2.45, 2.75) is 44.7 Å². The van der Waals surface area contributed by atoms with Crippen LogP contribution in [0.3, 0.4) is 0 Å². The maximum absolute atomic E-state index is 13.7. The lowest BCUT2D eigenvalue weighted by atomic mass is 9.89. The highest BCUT2D eigenvalue weighted by Gasteiger charge is 2.35. The molecule has 1 aromatic carbocycles. The first-order chi connectivity index (χ1) is 9.44. The van der Waals surface area contributed by atoms with E-state index in [1.165, 1.54) is 18.2 Å². The summed E-state index contributed by atoms with van der Waals surface area (Å²) >= 11 is 0. The maximum atomic E-state index is 13.7. The Morgan fingerprint density at radius 2 is 2.00 bits per heavy atom. The van der Waals surface area contributed by atoms with Gasteiger partial charge in [0.1, 0.15) is 11.6 Å². The Hall–Kier alpha value is -1.49. The molecule has 2 rings (SSSR count). The lowest BCUT2D eigenvalue weighted by Gasteiger charge is -2.34. The number of carbonyl (C=O) groups is 1. The molecule has 1 saturated heterocycles. The predicted molar refractivity (Wildman–Crippen MR) is 73.2 cm³/mol. The quantitative estimate of drug-likeness (QED) is 0.895. The van der Waals surface area contributed by atoms with E-state index >= 15 is 0 Å². The molecule has 0 saturated carbocycles. The molecule has 2 unspecified atom stereocenters. The minimum Gasteiger partial charge on any atom is -0.348 e. The molecule has 1 aliphatic heterocycles. The molecule has 0 radical (unpaired) electrons. The molecule has 20 heavy (non-hydrogen) atoms. The number of nitrogens with one attached hydrogen (secondary N) is 2. The first-order valence-corrected chi connectivity index (χ1v) is 6.94. The highest BCUT2D eigenvalue weighted by molar-refractivity contribution is 5.86. The van der Waals surface area contributed by atoms with Crippen molar-refractivity contribution in [3.8, 4) is 0 Å². The predicted octanol–water partition coefficient (Wildman–Crippen LogP) is 2.67. The average molecular weight is 282 g/mol. The fraction of sp³-hybridized carbons (Fsp3) is 0.533. The van der Waals surface area contributed by atoms with E-state index < -0.39 is 23.2 Å². The Morgan fingerprint density at radius 1 is 1.35 bits per heavy atom. The second-order valence-electron chi connectivity index (χ2n) is 5.55. The van der Waals surface area contributed by atoms with Crippen molar-refractivity contribution < 1.29 is 13.6 Å². The first-order valence-electron chi connectivity index (χ1n) is 6.94. The van der Waals surface area contributed by atoms with Gasteiger partial charge in [-0.2, -0.15) is 0 Å². The molecule has 0 aromatic heterocycles. The van der Waals surface area contributed by atoms with Crippen LogP contribution in [-0.2, 0) is 4.79 Å². The molecule has 0 aliphatic carbocycles. The van der Waals surface area contributed by atoms with Crippen LogP contribution in [0.5, 0.6) is 0 Å². The van der Waals surface area contributed by atoms with Crippen LogP contribution in [0.1, 0.15) is 44.7 Å². The highest BCUT2D eigenvalue weighted by atomic mass is 19.1. The van der Waals surface area contributed by atoms with Crippen molar-refractivity contribution in [1.82, 2.24) is 10.6 Å². The number of hydrogen-bond donors (Lipinski definition) is 2. The van der Waals surface area contributed by atoms with Crippen LogP contribution < -0.4 is 10.6 Å². The zero-order valence-corrected chi connectivity index (χ0v) is 11.8. The standard InChI is InChI=1S/C15H20F2N2O/c1-10(13-11(16)6-5-7-12(13)17)19-14(20)15(2)8-3-4-9-18-15/h5-7,10,18H,3-4,8-9H2,1-2H3,(H,19,20). The van der Waals surface area contributed by atoms with E-state index in [-0.39, 0.29) is 11.5 Å². The summed E-state index contributed by atoms with van der Waals surface area (Å²) in [5.41, 5.74) is -0.755. The summed E-state index contributed by atoms with van der Waals surface area (Å²) in [5, 5.41) is 5.89. The van der Waals surface area contributed by atoms with Crippen LogP contribution >= 0.6 is 0 Å². The summed E-state index contributed by atoms with van der Waals surface area (Å²) in [4.78, 5) is 12.3. The number of rotatable bonds is 3. The Bertz CT molecular complexity index is 478. The van der Waals surface area contributed by atoms with Crippen LogP contribution in [0, 0.1) is 11.6 Å². The number of amides is 1. The minimum absolute atomic E-state index is 0.0970. The van der Waals surface area contributed by atoms with Crippen LogP contribution in [0.2, 0.25) is 0 Å². The summed E-state index contributed by atoms with van der Waals surface area (Å²) in [7, 11) is 0. The second-order valence-corrected chi connectivity index (χ2v) is 5.55. The third kappa shape index (κ3) is 2.98. The zero-order chi connectivity index (χ0) is 14.8. The van der Waals surface area contributed by atoms with Crippen LogP contribution in [-0.4, -0.2) is 18.0 Å². The second kappa shape index (κ2) is 5.87. The van der Waals surface area contributed by atoms with Gasteiger partial charge >= 0.3 is 0 Å². The van der Waals surface area contributed by atoms with E-state index in [2.05, 4.69) is 10.6 Å². The summed E-state index contributed by atoms with van der Waals surface area (Å²) in [5.74, 6) is -1.49. The molecule has 1 heterocycles. The van der Waals surface area contributed by atoms with Crippen LogP contribution in [0.25, 0.3) is 0 Å². The molecule has 1 aromatic rings. The van der Waals surface area contributed by atoms with E-state index in [1.54, 1.807) is 6.92 Å². The Balaban J connectivity index is 2.11. The third-order valence-corrected chi connectivity index (χ3v) is 3.90. The molecule has 110 valence electrons. The fourth-order valence-electron chi connectivity index (χ4n) is 2.60. The lowest BCUT2D eigenvalue weighted by molar-refractivity contribution is -0.128. The van der Waals surface area contributed by atoms with Gasteiger partial charge in [-0.15, -0.1) is 0 Å². The molecule has 2 N–H and O–H groups in total. The van der Waals surface area contributed by atoms with Gasteiger partial charge < -0.3 is 10.6 Å². The monoisotopic (exact) mass is 282 g/mol. The summed E-state index contributed by atoms with van der Waals surface area (Å²) in [6.07, 6.45) is 2.74. The molecule has 1 aliphatic rings. The lowest BCUT2D eigenvalue weighted by Crippen LogP contribution is -2.57. The number of carbonyl (C=O) groups excluding carboxylic acids is 1. The topological polar surface area (TPSA) is 41.1 Å². The molecule has 0 spiro atoms. The Morgan fingerprint density at radius 3 is 2.55 bits per heavy atom. The molecule has 3 nitrogen and oxygen atoms in total. The van der Waals surface area contributed by atoms with E-state index in [0.717, 1.165) is 25.8 Å². The summed E-state index contributed by atoms with van der Waals surface area (Å²) < 4.78 is 27.4. The van der Waals surface area contributed by atoms with Gasteiger partial charge in [0.2, 0.25) is 5.91 Å². The van der Waals surface area contributed by atoms with Crippen molar-refractivity contribution in [3.63, 3.8) is 0 Å². The largest absolute Gasteiger partial charge is 0.348 e. The number of hydrogen-bond acceptors (Lipinski definition) is 2. The maximum Gasteiger partial charge on any atom is 0.240 e. The molecule has 1 amide bonds. The zero-order valence-electron chi connectivity index (χ0n) is 11.8. The smallest absolute Gasteiger partial charge is 0.240 e. The van der Waals surface area contributed by atoms with Gasteiger partial charge in [0.25, 0.3) is 0 Å². The molecule has 5 heteroatoms. The van der Waals surface area contributed by atoms with Gasteiger partial charge in [0, 0.05) is 5.56 Å². The normalized spacial score (nSPS) is 24.2. The minimum atomic E-state index is -0.704. The molecular formula is C15H20F2N2O. The summed E-state index contributed by atoms with van der Waals surface area (Å²) in [6.45, 7) is 4.20. The van der Waals surface area contributed by atoms with Crippen LogP contribution in [0.4, 0.5) is 8.78 Å². The molecule has 2 atom stereocenters. The van der Waals surface area contributed by atoms with Crippen molar-refractivity contribution in [1.29, 1.82) is 0 Å². The van der Waals surface area contributed by atoms with Crippen molar-refractivity contribution in [3.05, 3.63) is 35.4 Å². The summed E-state index contributed by atoms with van der Waals surface area (Å²) in [6, 6.07) is 3.00. The molecule has 1 fully saturated rings. The van der Waals surface area contributed by atoms with Crippen molar-refractivity contribution in [2.75, 3.05) is 6.54 Å². The highest BCUT2D eigenvalue weighted by Crippen LogP contribution is 2.23. The van der Waals surface area contributed by atoms with Gasteiger partial charge in [-0.1, -0.05) is 6.07 Å². The van der Waals surface area contributed by atoms with Gasteiger partial charge in [-0.3, -0.25) is 4.79 Å². The van der Waals surface area contributed by atoms with E-state index in [1.807, 2.05) is 6.92 Å². The Labute approximate surface area is 117 Å².